The quantitative estimate of drug-likeness (QED) is 0.250. The molecule has 0 amide bonds. The maximum Gasteiger partial charge on any atom is 0.333 e. The Morgan fingerprint density at radius 2 is 1.13 bits per heavy atom. The minimum absolute atomic E-state index is 0.106. The Morgan fingerprint density at radius 1 is 0.681 bits per heavy atom. The summed E-state index contributed by atoms with van der Waals surface area (Å²) in [5, 5.41) is 10.7. The molecular weight excluding hydrogens is 599 g/mol. The van der Waals surface area contributed by atoms with Gasteiger partial charge in [0.1, 0.15) is 5.75 Å². The zero-order chi connectivity index (χ0) is 35.5. The van der Waals surface area contributed by atoms with Crippen molar-refractivity contribution in [2.24, 2.45) is 57.2 Å². The zero-order valence-corrected chi connectivity index (χ0v) is 34.2. The van der Waals surface area contributed by atoms with Crippen LogP contribution in [0.4, 0.5) is 0 Å². The first-order valence-electron chi connectivity index (χ1n) is 18.9. The third-order valence-electron chi connectivity index (χ3n) is 12.4. The third-order valence-corrected chi connectivity index (χ3v) is 13.7. The number of phenols is 1. The summed E-state index contributed by atoms with van der Waals surface area (Å²) < 4.78 is 21.2. The van der Waals surface area contributed by atoms with Crippen molar-refractivity contribution < 1.29 is 18.7 Å². The van der Waals surface area contributed by atoms with Crippen molar-refractivity contribution in [1.82, 2.24) is 0 Å². The highest BCUT2D eigenvalue weighted by Gasteiger charge is 2.58. The van der Waals surface area contributed by atoms with Crippen LogP contribution in [0.5, 0.6) is 5.75 Å². The summed E-state index contributed by atoms with van der Waals surface area (Å²) in [6.07, 6.45) is 6.96. The fraction of sp³-hybridized carbons (Fsp3) is 0.857. The average Bonchev–Trinajstić information content (AvgIpc) is 3.05. The standard InChI is InChI=1S/C42H73O4P/c1-26-20-27(21-32(35(26)43)40(8,9)10)18-17-19-44-47-45-36-30(22-28(38(2,3)4)24-33(36)41(11,12)13)31-23-29(39(5,6)7)25-34(37(31)46-47)42(14,15)16/h20-21,28-31,33-34,36-37,43H,17-19,22-25H2,1-16H3. The van der Waals surface area contributed by atoms with E-state index in [9.17, 15) is 5.11 Å². The van der Waals surface area contributed by atoms with Crippen LogP contribution in [0.25, 0.3) is 0 Å². The van der Waals surface area contributed by atoms with Crippen LogP contribution in [0.15, 0.2) is 12.1 Å². The van der Waals surface area contributed by atoms with Crippen molar-refractivity contribution in [3.8, 4) is 5.75 Å². The molecule has 1 N–H and O–H groups in total. The van der Waals surface area contributed by atoms with E-state index in [2.05, 4.69) is 116 Å². The first-order valence-corrected chi connectivity index (χ1v) is 20.0. The fourth-order valence-electron chi connectivity index (χ4n) is 9.11. The molecule has 3 fully saturated rings. The summed E-state index contributed by atoms with van der Waals surface area (Å²) in [5.74, 6) is 3.62. The Morgan fingerprint density at radius 3 is 1.51 bits per heavy atom. The lowest BCUT2D eigenvalue weighted by Crippen LogP contribution is -2.54. The number of benzene rings is 1. The Kier molecular flexibility index (Phi) is 11.5. The van der Waals surface area contributed by atoms with Crippen LogP contribution in [0.3, 0.4) is 0 Å². The van der Waals surface area contributed by atoms with Crippen molar-refractivity contribution in [3.63, 3.8) is 0 Å². The van der Waals surface area contributed by atoms with Crippen LogP contribution in [0.1, 0.15) is 153 Å². The van der Waals surface area contributed by atoms with E-state index in [0.29, 0.717) is 47.9 Å². The molecule has 47 heavy (non-hydrogen) atoms. The van der Waals surface area contributed by atoms with Gasteiger partial charge in [0, 0.05) is 0 Å². The van der Waals surface area contributed by atoms with Crippen molar-refractivity contribution in [1.29, 1.82) is 0 Å². The van der Waals surface area contributed by atoms with Gasteiger partial charge in [-0.2, -0.15) is 0 Å². The molecular formula is C42H73O4P. The molecule has 8 unspecified atom stereocenters. The number of rotatable bonds is 5. The lowest BCUT2D eigenvalue weighted by Gasteiger charge is -2.55. The van der Waals surface area contributed by atoms with Gasteiger partial charge in [0.05, 0.1) is 18.8 Å². The number of aryl methyl sites for hydroxylation is 2. The van der Waals surface area contributed by atoms with Gasteiger partial charge in [-0.3, -0.25) is 0 Å². The molecule has 1 aliphatic heterocycles. The van der Waals surface area contributed by atoms with Crippen molar-refractivity contribution >= 4 is 8.60 Å². The molecule has 2 saturated carbocycles. The molecule has 8 atom stereocenters. The summed E-state index contributed by atoms with van der Waals surface area (Å²) in [4.78, 5) is 0. The number of fused-ring (bicyclic) bond motifs is 3. The van der Waals surface area contributed by atoms with E-state index in [1.165, 1.54) is 31.2 Å². The van der Waals surface area contributed by atoms with Gasteiger partial charge in [0.15, 0.2) is 0 Å². The largest absolute Gasteiger partial charge is 0.507 e. The highest BCUT2D eigenvalue weighted by Crippen LogP contribution is 2.63. The second-order valence-corrected chi connectivity index (χ2v) is 22.3. The Bertz CT molecular complexity index is 1150. The molecule has 1 aromatic rings. The monoisotopic (exact) mass is 673 g/mol. The number of hydrogen-bond acceptors (Lipinski definition) is 4. The first-order chi connectivity index (χ1) is 21.3. The Hall–Kier alpha value is -0.670. The molecule has 1 saturated heterocycles. The molecule has 270 valence electrons. The van der Waals surface area contributed by atoms with Crippen molar-refractivity contribution in [2.45, 2.75) is 167 Å². The number of aromatic hydroxyl groups is 1. The van der Waals surface area contributed by atoms with Gasteiger partial charge in [-0.05, 0) is 125 Å². The van der Waals surface area contributed by atoms with Crippen molar-refractivity contribution in [3.05, 3.63) is 28.8 Å². The molecule has 4 nitrogen and oxygen atoms in total. The van der Waals surface area contributed by atoms with Crippen LogP contribution in [-0.4, -0.2) is 23.9 Å². The van der Waals surface area contributed by atoms with E-state index >= 15 is 0 Å². The molecule has 3 aliphatic rings. The molecule has 0 radical (unpaired) electrons. The van der Waals surface area contributed by atoms with E-state index in [0.717, 1.165) is 24.0 Å². The molecule has 0 bridgehead atoms. The molecule has 0 spiro atoms. The molecule has 4 rings (SSSR count). The highest BCUT2D eigenvalue weighted by atomic mass is 31.2. The van der Waals surface area contributed by atoms with Gasteiger partial charge in [-0.1, -0.05) is 116 Å². The van der Waals surface area contributed by atoms with Gasteiger partial charge >= 0.3 is 8.60 Å². The van der Waals surface area contributed by atoms with E-state index in [1.54, 1.807) is 0 Å². The van der Waals surface area contributed by atoms with Crippen LogP contribution in [0.2, 0.25) is 0 Å². The third kappa shape index (κ3) is 9.17. The SMILES string of the molecule is Cc1cc(CCCOP2OC3C(CC(C(C)(C)C)CC3C(C)(C)C)C3CC(C(C)(C)C)CC(C(C)(C)C)C3O2)cc(C(C)(C)C)c1O. The second-order valence-electron chi connectivity index (χ2n) is 21.2. The van der Waals surface area contributed by atoms with Crippen molar-refractivity contribution in [2.75, 3.05) is 6.61 Å². The maximum absolute atomic E-state index is 10.7. The topological polar surface area (TPSA) is 47.9 Å². The minimum Gasteiger partial charge on any atom is -0.507 e. The van der Waals surface area contributed by atoms with Gasteiger partial charge in [0.25, 0.3) is 0 Å². The summed E-state index contributed by atoms with van der Waals surface area (Å²) in [7, 11) is -1.47. The number of phenolic OH excluding ortho intramolecular Hbond substituents is 1. The zero-order valence-electron chi connectivity index (χ0n) is 33.3. The van der Waals surface area contributed by atoms with Crippen LogP contribution in [0, 0.1) is 64.1 Å². The van der Waals surface area contributed by atoms with E-state index in [1.807, 2.05) is 6.92 Å². The van der Waals surface area contributed by atoms with E-state index < -0.39 is 8.60 Å². The van der Waals surface area contributed by atoms with Gasteiger partial charge in [-0.15, -0.1) is 0 Å². The van der Waals surface area contributed by atoms with Crippen LogP contribution >= 0.6 is 8.60 Å². The molecule has 5 heteroatoms. The fourth-order valence-corrected chi connectivity index (χ4v) is 10.6. The van der Waals surface area contributed by atoms with E-state index in [-0.39, 0.29) is 39.3 Å². The molecule has 0 aromatic heterocycles. The average molecular weight is 673 g/mol. The minimum atomic E-state index is -1.47. The number of hydrogen-bond donors (Lipinski definition) is 1. The molecule has 2 aliphatic carbocycles. The molecule has 1 heterocycles. The Labute approximate surface area is 291 Å². The normalized spacial score (nSPS) is 32.8. The van der Waals surface area contributed by atoms with Gasteiger partial charge in [-0.25, -0.2) is 0 Å². The summed E-state index contributed by atoms with van der Waals surface area (Å²) in [6, 6.07) is 4.32. The lowest BCUT2D eigenvalue weighted by molar-refractivity contribution is -0.104. The highest BCUT2D eigenvalue weighted by molar-refractivity contribution is 7.41. The van der Waals surface area contributed by atoms with Gasteiger partial charge in [0.2, 0.25) is 0 Å². The smallest absolute Gasteiger partial charge is 0.333 e. The summed E-state index contributed by atoms with van der Waals surface area (Å²) >= 11 is 0. The second kappa shape index (κ2) is 13.8. The maximum atomic E-state index is 10.7. The molecule has 1 aromatic carbocycles. The van der Waals surface area contributed by atoms with Crippen LogP contribution < -0.4 is 0 Å². The predicted molar refractivity (Wildman–Crippen MR) is 200 cm³/mol. The van der Waals surface area contributed by atoms with Gasteiger partial charge < -0.3 is 18.7 Å². The predicted octanol–water partition coefficient (Wildman–Crippen LogP) is 12.4. The van der Waals surface area contributed by atoms with E-state index in [4.69, 9.17) is 13.6 Å². The Balaban J connectivity index is 1.65. The summed E-state index contributed by atoms with van der Waals surface area (Å²) in [6.45, 7) is 38.4. The lowest BCUT2D eigenvalue weighted by atomic mass is 9.52. The van der Waals surface area contributed by atoms with Crippen LogP contribution in [-0.2, 0) is 25.4 Å². The first kappa shape index (κ1) is 39.1. The summed E-state index contributed by atoms with van der Waals surface area (Å²) in [5.41, 5.74) is 3.91.